The van der Waals surface area contributed by atoms with E-state index in [0.717, 1.165) is 24.8 Å². The van der Waals surface area contributed by atoms with Gasteiger partial charge in [0.25, 0.3) is 0 Å². The summed E-state index contributed by atoms with van der Waals surface area (Å²) in [7, 11) is 0. The van der Waals surface area contributed by atoms with E-state index in [1.165, 1.54) is 38.1 Å². The first-order valence-corrected chi connectivity index (χ1v) is 6.85. The molecule has 1 aromatic rings. The molecule has 0 unspecified atom stereocenters. The highest BCUT2D eigenvalue weighted by Crippen LogP contribution is 2.30. The molecule has 0 amide bonds. The van der Waals surface area contributed by atoms with Crippen molar-refractivity contribution in [3.05, 3.63) is 22.5 Å². The molecule has 0 saturated heterocycles. The number of hydrogen-bond donors (Lipinski definition) is 1. The molecular formula is C13H20N4O2. The van der Waals surface area contributed by atoms with Crippen LogP contribution in [0.2, 0.25) is 0 Å². The summed E-state index contributed by atoms with van der Waals surface area (Å²) < 4.78 is 0. The Hall–Kier alpha value is -1.72. The van der Waals surface area contributed by atoms with Gasteiger partial charge in [0.05, 0.1) is 4.92 Å². The molecule has 1 fully saturated rings. The molecule has 1 aromatic heterocycles. The maximum Gasteiger partial charge on any atom is 0.305 e. The lowest BCUT2D eigenvalue weighted by molar-refractivity contribution is -0.385. The van der Waals surface area contributed by atoms with Crippen molar-refractivity contribution in [2.45, 2.75) is 39.0 Å². The van der Waals surface area contributed by atoms with Gasteiger partial charge in [-0.1, -0.05) is 32.6 Å². The summed E-state index contributed by atoms with van der Waals surface area (Å²) >= 11 is 0. The molecule has 1 aliphatic rings. The molecule has 104 valence electrons. The second kappa shape index (κ2) is 6.45. The predicted molar refractivity (Wildman–Crippen MR) is 72.9 cm³/mol. The van der Waals surface area contributed by atoms with Crippen LogP contribution in [0.4, 0.5) is 11.6 Å². The van der Waals surface area contributed by atoms with E-state index in [1.807, 2.05) is 0 Å². The number of nitro groups is 1. The third-order valence-corrected chi connectivity index (χ3v) is 3.82. The Morgan fingerprint density at radius 1 is 1.32 bits per heavy atom. The fourth-order valence-corrected chi connectivity index (χ4v) is 2.51. The van der Waals surface area contributed by atoms with E-state index in [-0.39, 0.29) is 5.69 Å². The van der Waals surface area contributed by atoms with E-state index in [9.17, 15) is 10.1 Å². The van der Waals surface area contributed by atoms with E-state index in [0.29, 0.717) is 5.95 Å². The summed E-state index contributed by atoms with van der Waals surface area (Å²) in [6.45, 7) is 3.15. The molecule has 6 nitrogen and oxygen atoms in total. The monoisotopic (exact) mass is 264 g/mol. The first-order chi connectivity index (χ1) is 9.15. The van der Waals surface area contributed by atoms with Crippen molar-refractivity contribution >= 4 is 11.6 Å². The van der Waals surface area contributed by atoms with E-state index in [1.54, 1.807) is 0 Å². The average molecular weight is 264 g/mol. The quantitative estimate of drug-likeness (QED) is 0.653. The van der Waals surface area contributed by atoms with Crippen LogP contribution in [0.3, 0.4) is 0 Å². The van der Waals surface area contributed by atoms with Crippen molar-refractivity contribution < 1.29 is 4.92 Å². The van der Waals surface area contributed by atoms with Crippen molar-refractivity contribution in [1.82, 2.24) is 9.97 Å². The molecule has 1 saturated carbocycles. The van der Waals surface area contributed by atoms with E-state index in [4.69, 9.17) is 0 Å². The van der Waals surface area contributed by atoms with Gasteiger partial charge < -0.3 is 5.32 Å². The SMILES string of the molecule is CC1CCC(CCNc2ncc([N+](=O)[O-])cn2)CC1. The fraction of sp³-hybridized carbons (Fsp3) is 0.692. The maximum absolute atomic E-state index is 10.5. The number of anilines is 1. The van der Waals surface area contributed by atoms with E-state index >= 15 is 0 Å². The molecule has 2 rings (SSSR count). The lowest BCUT2D eigenvalue weighted by Gasteiger charge is -2.26. The normalized spacial score (nSPS) is 23.0. The van der Waals surface area contributed by atoms with E-state index < -0.39 is 4.92 Å². The van der Waals surface area contributed by atoms with Crippen LogP contribution in [-0.2, 0) is 0 Å². The topological polar surface area (TPSA) is 81.0 Å². The second-order valence-electron chi connectivity index (χ2n) is 5.36. The van der Waals surface area contributed by atoms with Crippen LogP contribution in [-0.4, -0.2) is 21.4 Å². The van der Waals surface area contributed by atoms with Gasteiger partial charge in [0.1, 0.15) is 12.4 Å². The van der Waals surface area contributed by atoms with Crippen molar-refractivity contribution in [2.24, 2.45) is 11.8 Å². The highest BCUT2D eigenvalue weighted by molar-refractivity contribution is 5.30. The zero-order valence-electron chi connectivity index (χ0n) is 11.2. The van der Waals surface area contributed by atoms with Crippen LogP contribution in [0, 0.1) is 22.0 Å². The number of nitrogens with one attached hydrogen (secondary N) is 1. The summed E-state index contributed by atoms with van der Waals surface area (Å²) in [5, 5.41) is 13.6. The van der Waals surface area contributed by atoms with Crippen molar-refractivity contribution in [1.29, 1.82) is 0 Å². The molecule has 6 heteroatoms. The van der Waals surface area contributed by atoms with Crippen LogP contribution in [0.5, 0.6) is 0 Å². The number of nitrogens with zero attached hydrogens (tertiary/aromatic N) is 3. The van der Waals surface area contributed by atoms with Gasteiger partial charge in [-0.05, 0) is 18.3 Å². The number of rotatable bonds is 5. The third kappa shape index (κ3) is 4.15. The highest BCUT2D eigenvalue weighted by Gasteiger charge is 2.17. The van der Waals surface area contributed by atoms with Crippen LogP contribution in [0.15, 0.2) is 12.4 Å². The van der Waals surface area contributed by atoms with Gasteiger partial charge in [0, 0.05) is 6.54 Å². The standard InChI is InChI=1S/C13H20N4O2/c1-10-2-4-11(5-3-10)6-7-14-13-15-8-12(9-16-13)17(18)19/h8-11H,2-7H2,1H3,(H,14,15,16). The minimum Gasteiger partial charge on any atom is -0.354 e. The van der Waals surface area contributed by atoms with Gasteiger partial charge in [-0.2, -0.15) is 0 Å². The molecule has 0 bridgehead atoms. The van der Waals surface area contributed by atoms with Gasteiger partial charge in [-0.3, -0.25) is 10.1 Å². The predicted octanol–water partition coefficient (Wildman–Crippen LogP) is 3.01. The summed E-state index contributed by atoms with van der Waals surface area (Å²) in [6, 6.07) is 0. The minimum atomic E-state index is -0.493. The Morgan fingerprint density at radius 3 is 2.53 bits per heavy atom. The molecule has 1 aliphatic carbocycles. The average Bonchev–Trinajstić information content (AvgIpc) is 2.41. The Labute approximate surface area is 112 Å². The fourth-order valence-electron chi connectivity index (χ4n) is 2.51. The Morgan fingerprint density at radius 2 is 1.95 bits per heavy atom. The minimum absolute atomic E-state index is 0.0770. The number of hydrogen-bond acceptors (Lipinski definition) is 5. The molecule has 0 aliphatic heterocycles. The van der Waals surface area contributed by atoms with Crippen molar-refractivity contribution in [3.8, 4) is 0 Å². The smallest absolute Gasteiger partial charge is 0.305 e. The number of aromatic nitrogens is 2. The second-order valence-corrected chi connectivity index (χ2v) is 5.36. The lowest BCUT2D eigenvalue weighted by Crippen LogP contribution is -2.16. The highest BCUT2D eigenvalue weighted by atomic mass is 16.6. The first-order valence-electron chi connectivity index (χ1n) is 6.85. The molecular weight excluding hydrogens is 244 g/mol. The summed E-state index contributed by atoms with van der Waals surface area (Å²) in [5.74, 6) is 2.14. The van der Waals surface area contributed by atoms with E-state index in [2.05, 4.69) is 22.2 Å². The first kappa shape index (κ1) is 13.7. The van der Waals surface area contributed by atoms with Gasteiger partial charge in [-0.25, -0.2) is 9.97 Å². The van der Waals surface area contributed by atoms with Crippen LogP contribution >= 0.6 is 0 Å². The van der Waals surface area contributed by atoms with Crippen LogP contribution < -0.4 is 5.32 Å². The molecule has 1 N–H and O–H groups in total. The summed E-state index contributed by atoms with van der Waals surface area (Å²) in [4.78, 5) is 17.8. The van der Waals surface area contributed by atoms with Crippen molar-refractivity contribution in [2.75, 3.05) is 11.9 Å². The Bertz CT molecular complexity index is 413. The van der Waals surface area contributed by atoms with Crippen LogP contribution in [0.25, 0.3) is 0 Å². The molecule has 0 radical (unpaired) electrons. The van der Waals surface area contributed by atoms with Gasteiger partial charge in [-0.15, -0.1) is 0 Å². The Balaban J connectivity index is 1.72. The summed E-state index contributed by atoms with van der Waals surface area (Å²) in [6.07, 6.45) is 8.87. The molecule has 0 aromatic carbocycles. The molecule has 1 heterocycles. The molecule has 0 atom stereocenters. The zero-order valence-corrected chi connectivity index (χ0v) is 11.2. The van der Waals surface area contributed by atoms with Crippen molar-refractivity contribution in [3.63, 3.8) is 0 Å². The largest absolute Gasteiger partial charge is 0.354 e. The maximum atomic E-state index is 10.5. The Kier molecular flexibility index (Phi) is 4.65. The molecule has 19 heavy (non-hydrogen) atoms. The van der Waals surface area contributed by atoms with Crippen LogP contribution in [0.1, 0.15) is 39.0 Å². The lowest BCUT2D eigenvalue weighted by atomic mass is 9.81. The van der Waals surface area contributed by atoms with Gasteiger partial charge in [0.15, 0.2) is 0 Å². The zero-order chi connectivity index (χ0) is 13.7. The molecule has 0 spiro atoms. The third-order valence-electron chi connectivity index (χ3n) is 3.82. The summed E-state index contributed by atoms with van der Waals surface area (Å²) in [5.41, 5.74) is -0.0770. The van der Waals surface area contributed by atoms with Gasteiger partial charge >= 0.3 is 5.69 Å². The van der Waals surface area contributed by atoms with Gasteiger partial charge in [0.2, 0.25) is 5.95 Å².